The summed E-state index contributed by atoms with van der Waals surface area (Å²) in [6.45, 7) is 0. The van der Waals surface area contributed by atoms with Gasteiger partial charge in [-0.1, -0.05) is 169 Å². The van der Waals surface area contributed by atoms with Gasteiger partial charge in [-0.15, -0.1) is 102 Å². The number of hydrogen-bond donors (Lipinski definition) is 0. The Morgan fingerprint density at radius 2 is 0.644 bits per heavy atom. The second-order valence-corrected chi connectivity index (χ2v) is 17.7. The maximum absolute atomic E-state index is 4.92. The molecule has 0 radical (unpaired) electrons. The summed E-state index contributed by atoms with van der Waals surface area (Å²) in [5.41, 5.74) is 23.3. The summed E-state index contributed by atoms with van der Waals surface area (Å²) in [6.07, 6.45) is 5.84. The van der Waals surface area contributed by atoms with Gasteiger partial charge in [-0.05, 0) is 119 Å². The van der Waals surface area contributed by atoms with Crippen LogP contribution in [0.3, 0.4) is 0 Å². The fourth-order valence-electron chi connectivity index (χ4n) is 9.58. The van der Waals surface area contributed by atoms with Crippen molar-refractivity contribution in [3.05, 3.63) is 286 Å². The van der Waals surface area contributed by atoms with Gasteiger partial charge in [0.05, 0.1) is 0 Å². The van der Waals surface area contributed by atoms with Crippen LogP contribution in [0.2, 0.25) is 0 Å². The third-order valence-corrected chi connectivity index (χ3v) is 13.3. The third-order valence-electron chi connectivity index (χ3n) is 13.3. The fraction of sp³-hybridized carbons (Fsp3) is 0. The zero-order chi connectivity index (χ0) is 48.1. The van der Waals surface area contributed by atoms with Gasteiger partial charge in [0, 0.05) is 18.6 Å². The minimum Gasteiger partial charge on any atom is -0.305 e. The van der Waals surface area contributed by atoms with E-state index < -0.39 is 0 Å². The fourth-order valence-corrected chi connectivity index (χ4v) is 9.58. The Balaban J connectivity index is 0.00000574. The number of benzene rings is 9. The first-order valence-electron chi connectivity index (χ1n) is 24.1. The molecule has 0 aliphatic rings. The zero-order valence-corrected chi connectivity index (χ0v) is 42.0. The first-order chi connectivity index (χ1) is 35.7. The Hall–Kier alpha value is -8.92. The van der Waals surface area contributed by atoms with Gasteiger partial charge in [0.15, 0.2) is 0 Å². The molecule has 0 atom stereocenters. The molecule has 0 aliphatic carbocycles. The predicted molar refractivity (Wildman–Crippen MR) is 296 cm³/mol. The third kappa shape index (κ3) is 9.91. The first kappa shape index (κ1) is 46.5. The maximum Gasteiger partial charge on any atom is 3.00 e. The molecular weight excluding hydrogens is 1060 g/mol. The summed E-state index contributed by atoms with van der Waals surface area (Å²) >= 11 is 0. The van der Waals surface area contributed by atoms with Crippen LogP contribution in [-0.4, -0.2) is 15.0 Å². The zero-order valence-electron chi connectivity index (χ0n) is 39.6. The quantitative estimate of drug-likeness (QED) is 0.121. The Morgan fingerprint density at radius 1 is 0.247 bits per heavy atom. The van der Waals surface area contributed by atoms with Gasteiger partial charge in [0.25, 0.3) is 0 Å². The molecule has 4 heteroatoms. The van der Waals surface area contributed by atoms with Gasteiger partial charge in [0.2, 0.25) is 0 Å². The molecule has 0 saturated heterocycles. The number of hydrogen-bond acceptors (Lipinski definition) is 3. The van der Waals surface area contributed by atoms with Crippen LogP contribution in [0.25, 0.3) is 123 Å². The molecule has 3 aromatic heterocycles. The van der Waals surface area contributed by atoms with Crippen LogP contribution in [-0.2, 0) is 20.1 Å². The van der Waals surface area contributed by atoms with Gasteiger partial charge in [-0.25, -0.2) is 0 Å². The number of rotatable bonds is 11. The molecule has 0 amide bonds. The molecule has 0 N–H and O–H groups in total. The Kier molecular flexibility index (Phi) is 13.5. The second-order valence-electron chi connectivity index (χ2n) is 17.7. The number of nitrogens with zero attached hydrogens (tertiary/aromatic N) is 3. The number of pyridine rings is 3. The number of aromatic nitrogens is 3. The van der Waals surface area contributed by atoms with Crippen molar-refractivity contribution in [1.29, 1.82) is 0 Å². The van der Waals surface area contributed by atoms with Crippen molar-refractivity contribution in [1.82, 2.24) is 15.0 Å². The Morgan fingerprint density at radius 3 is 1.08 bits per heavy atom. The summed E-state index contributed by atoms with van der Waals surface area (Å²) in [7, 11) is 0. The van der Waals surface area contributed by atoms with E-state index in [2.05, 4.69) is 212 Å². The molecule has 344 valence electrons. The van der Waals surface area contributed by atoms with E-state index in [0.29, 0.717) is 0 Å². The van der Waals surface area contributed by atoms with Gasteiger partial charge < -0.3 is 15.0 Å². The van der Waals surface area contributed by atoms with Crippen molar-refractivity contribution in [2.24, 2.45) is 0 Å². The minimum absolute atomic E-state index is 0. The molecule has 0 spiro atoms. The minimum atomic E-state index is 0. The van der Waals surface area contributed by atoms with E-state index in [1.165, 1.54) is 11.1 Å². The van der Waals surface area contributed by atoms with Gasteiger partial charge in [-0.3, -0.25) is 0 Å². The summed E-state index contributed by atoms with van der Waals surface area (Å²) in [5, 5.41) is 0. The molecule has 3 nitrogen and oxygen atoms in total. The van der Waals surface area contributed by atoms with Crippen molar-refractivity contribution < 1.29 is 20.1 Å². The molecular formula is C69H44IrN3. The molecule has 0 fully saturated rings. The largest absolute Gasteiger partial charge is 3.00 e. The molecule has 0 unspecified atom stereocenters. The molecule has 0 bridgehead atoms. The summed E-state index contributed by atoms with van der Waals surface area (Å²) in [4.78, 5) is 14.6. The van der Waals surface area contributed by atoms with Crippen LogP contribution >= 0.6 is 0 Å². The van der Waals surface area contributed by atoms with Crippen LogP contribution in [0.15, 0.2) is 267 Å². The average Bonchev–Trinajstić information content (AvgIpc) is 3.48. The van der Waals surface area contributed by atoms with E-state index in [4.69, 9.17) is 15.0 Å². The normalized spacial score (nSPS) is 10.9. The summed E-state index contributed by atoms with van der Waals surface area (Å²) in [5.74, 6) is 0. The molecule has 3 heterocycles. The summed E-state index contributed by atoms with van der Waals surface area (Å²) in [6, 6.07) is 97.4. The van der Waals surface area contributed by atoms with Crippen molar-refractivity contribution in [2.75, 3.05) is 0 Å². The van der Waals surface area contributed by atoms with Gasteiger partial charge in [0.1, 0.15) is 0 Å². The smallest absolute Gasteiger partial charge is 0.305 e. The molecule has 9 aromatic carbocycles. The molecule has 73 heavy (non-hydrogen) atoms. The maximum atomic E-state index is 4.92. The second kappa shape index (κ2) is 21.2. The van der Waals surface area contributed by atoms with Gasteiger partial charge in [-0.2, -0.15) is 0 Å². The van der Waals surface area contributed by atoms with E-state index in [-0.39, 0.29) is 20.1 Å². The molecule has 0 aliphatic heterocycles. The van der Waals surface area contributed by atoms with Crippen LogP contribution in [0.4, 0.5) is 0 Å². The van der Waals surface area contributed by atoms with E-state index in [0.717, 1.165) is 112 Å². The van der Waals surface area contributed by atoms with Crippen LogP contribution in [0, 0.1) is 18.2 Å². The van der Waals surface area contributed by atoms with Crippen LogP contribution in [0.1, 0.15) is 0 Å². The molecule has 12 rings (SSSR count). The monoisotopic (exact) mass is 1110 g/mol. The SMILES string of the molecule is [Ir+3].[c-]1ccccc1-c1ccc(-c2ccccc2-c2cc(-c3ccccc3-c3c[c-]c(-c4cc(-c5ccc(-c6ccccc6)cc5)ccn4)cc3)cc(-c3ccccc3-c3ccc(-c4[c-]cccc4)nc3)c2)cn1. The van der Waals surface area contributed by atoms with E-state index in [1.54, 1.807) is 0 Å². The van der Waals surface area contributed by atoms with Crippen LogP contribution < -0.4 is 0 Å². The van der Waals surface area contributed by atoms with Crippen molar-refractivity contribution in [2.45, 2.75) is 0 Å². The Bertz CT molecular complexity index is 3660. The van der Waals surface area contributed by atoms with Crippen LogP contribution in [0.5, 0.6) is 0 Å². The summed E-state index contributed by atoms with van der Waals surface area (Å²) < 4.78 is 0. The van der Waals surface area contributed by atoms with E-state index in [1.807, 2.05) is 73.2 Å². The van der Waals surface area contributed by atoms with Gasteiger partial charge >= 0.3 is 20.1 Å². The predicted octanol–water partition coefficient (Wildman–Crippen LogP) is 17.6. The first-order valence-corrected chi connectivity index (χ1v) is 24.1. The average molecular weight is 1110 g/mol. The standard InChI is InChI=1S/C69H44N3.Ir/c1-4-16-48(17-5-1)49-28-30-50(31-29-49)55-40-41-70-69(45-55)54-34-32-51(33-35-54)61-22-10-13-25-64(61)58-42-59(65-26-14-11-23-62(65)56-36-38-67(71-46-56)52-18-6-2-7-19-52)44-60(43-58)66-27-15-12-24-63(66)57-37-39-68(72-47-57)53-20-8-3-9-21-53;/h1-18,20,22-34,36-47H;/q-3;+3. The van der Waals surface area contributed by atoms with E-state index >= 15 is 0 Å². The van der Waals surface area contributed by atoms with Crippen molar-refractivity contribution in [3.8, 4) is 123 Å². The molecule has 12 aromatic rings. The Labute approximate surface area is 440 Å². The van der Waals surface area contributed by atoms with Crippen molar-refractivity contribution in [3.63, 3.8) is 0 Å². The van der Waals surface area contributed by atoms with Crippen molar-refractivity contribution >= 4 is 0 Å². The molecule has 0 saturated carbocycles. The van der Waals surface area contributed by atoms with E-state index in [9.17, 15) is 0 Å². The topological polar surface area (TPSA) is 38.7 Å².